The van der Waals surface area contributed by atoms with Crippen LogP contribution in [0.2, 0.25) is 0 Å². The van der Waals surface area contributed by atoms with Crippen molar-refractivity contribution >= 4 is 0 Å². The molecule has 1 saturated carbocycles. The fourth-order valence-electron chi connectivity index (χ4n) is 1.59. The van der Waals surface area contributed by atoms with Crippen molar-refractivity contribution < 1.29 is 5.11 Å². The van der Waals surface area contributed by atoms with Crippen molar-refractivity contribution in [2.24, 2.45) is 5.92 Å². The van der Waals surface area contributed by atoms with Gasteiger partial charge >= 0.3 is 0 Å². The zero-order chi connectivity index (χ0) is 9.10. The molecule has 0 aromatic heterocycles. The van der Waals surface area contributed by atoms with E-state index < -0.39 is 0 Å². The van der Waals surface area contributed by atoms with Gasteiger partial charge in [-0.2, -0.15) is 0 Å². The van der Waals surface area contributed by atoms with Crippen molar-refractivity contribution in [2.75, 3.05) is 0 Å². The van der Waals surface area contributed by atoms with Crippen LogP contribution in [0.5, 0.6) is 0 Å². The largest absolute Gasteiger partial charge is 0.392 e. The van der Waals surface area contributed by atoms with Crippen molar-refractivity contribution in [3.63, 3.8) is 0 Å². The van der Waals surface area contributed by atoms with Crippen LogP contribution in [0.1, 0.15) is 30.4 Å². The van der Waals surface area contributed by atoms with Crippen molar-refractivity contribution in [3.05, 3.63) is 35.4 Å². The second kappa shape index (κ2) is 3.93. The van der Waals surface area contributed by atoms with Crippen LogP contribution in [0, 0.1) is 5.92 Å². The van der Waals surface area contributed by atoms with Gasteiger partial charge in [0.05, 0.1) is 6.61 Å². The van der Waals surface area contributed by atoms with E-state index in [0.717, 1.165) is 11.5 Å². The van der Waals surface area contributed by atoms with Crippen LogP contribution in [-0.2, 0) is 13.0 Å². The molecule has 0 heterocycles. The Balaban J connectivity index is 1.88. The highest BCUT2D eigenvalue weighted by Crippen LogP contribution is 2.33. The number of hydrogen-bond donors (Lipinski definition) is 1. The van der Waals surface area contributed by atoms with Crippen molar-refractivity contribution in [1.82, 2.24) is 0 Å². The summed E-state index contributed by atoms with van der Waals surface area (Å²) in [6.07, 6.45) is 5.43. The Hall–Kier alpha value is -0.820. The van der Waals surface area contributed by atoms with Gasteiger partial charge < -0.3 is 5.11 Å². The maximum absolute atomic E-state index is 8.86. The van der Waals surface area contributed by atoms with Gasteiger partial charge in [-0.25, -0.2) is 0 Å². The minimum absolute atomic E-state index is 0.156. The lowest BCUT2D eigenvalue weighted by molar-refractivity contribution is 0.282. The van der Waals surface area contributed by atoms with E-state index in [1.54, 1.807) is 0 Å². The summed E-state index contributed by atoms with van der Waals surface area (Å²) >= 11 is 0. The molecule has 0 spiro atoms. The van der Waals surface area contributed by atoms with Gasteiger partial charge in [0.2, 0.25) is 0 Å². The molecular formula is C12H16O. The maximum atomic E-state index is 8.86. The highest BCUT2D eigenvalue weighted by atomic mass is 16.3. The van der Waals surface area contributed by atoms with Crippen molar-refractivity contribution in [3.8, 4) is 0 Å². The standard InChI is InChI=1S/C12H16O/c13-9-12-7-5-11(6-8-12)4-3-10-1-2-10/h5-8,10,13H,1-4,9H2. The van der Waals surface area contributed by atoms with Gasteiger partial charge in [0.1, 0.15) is 0 Å². The van der Waals surface area contributed by atoms with Crippen LogP contribution >= 0.6 is 0 Å². The van der Waals surface area contributed by atoms with E-state index in [-0.39, 0.29) is 6.61 Å². The van der Waals surface area contributed by atoms with Gasteiger partial charge in [0.15, 0.2) is 0 Å². The van der Waals surface area contributed by atoms with Crippen LogP contribution in [0.3, 0.4) is 0 Å². The average molecular weight is 176 g/mol. The molecule has 70 valence electrons. The first-order valence-corrected chi connectivity index (χ1v) is 5.07. The molecule has 1 aromatic carbocycles. The lowest BCUT2D eigenvalue weighted by Gasteiger charge is -2.01. The fraction of sp³-hybridized carbons (Fsp3) is 0.500. The second-order valence-electron chi connectivity index (χ2n) is 3.96. The van der Waals surface area contributed by atoms with E-state index in [1.165, 1.54) is 31.2 Å². The molecule has 1 N–H and O–H groups in total. The van der Waals surface area contributed by atoms with Gasteiger partial charge in [-0.05, 0) is 29.9 Å². The van der Waals surface area contributed by atoms with Crippen molar-refractivity contribution in [2.45, 2.75) is 32.3 Å². The van der Waals surface area contributed by atoms with E-state index in [0.29, 0.717) is 0 Å². The molecule has 0 unspecified atom stereocenters. The smallest absolute Gasteiger partial charge is 0.0681 e. The monoisotopic (exact) mass is 176 g/mol. The maximum Gasteiger partial charge on any atom is 0.0681 e. The minimum atomic E-state index is 0.156. The van der Waals surface area contributed by atoms with Crippen LogP contribution in [0.25, 0.3) is 0 Å². The van der Waals surface area contributed by atoms with Gasteiger partial charge in [0.25, 0.3) is 0 Å². The SMILES string of the molecule is OCc1ccc(CCC2CC2)cc1. The van der Waals surface area contributed by atoms with Crippen LogP contribution in [0.4, 0.5) is 0 Å². The van der Waals surface area contributed by atoms with Crippen molar-refractivity contribution in [1.29, 1.82) is 0 Å². The van der Waals surface area contributed by atoms with E-state index >= 15 is 0 Å². The molecule has 0 amide bonds. The lowest BCUT2D eigenvalue weighted by Crippen LogP contribution is -1.88. The predicted molar refractivity (Wildman–Crippen MR) is 53.4 cm³/mol. The zero-order valence-corrected chi connectivity index (χ0v) is 7.87. The van der Waals surface area contributed by atoms with Crippen LogP contribution in [-0.4, -0.2) is 5.11 Å². The summed E-state index contributed by atoms with van der Waals surface area (Å²) in [6.45, 7) is 0.156. The number of aliphatic hydroxyl groups excluding tert-OH is 1. The summed E-state index contributed by atoms with van der Waals surface area (Å²) in [5, 5.41) is 8.86. The Bertz CT molecular complexity index is 259. The summed E-state index contributed by atoms with van der Waals surface area (Å²) in [4.78, 5) is 0. The lowest BCUT2D eigenvalue weighted by atomic mass is 10.1. The molecule has 1 aromatic rings. The van der Waals surface area contributed by atoms with E-state index in [1.807, 2.05) is 12.1 Å². The summed E-state index contributed by atoms with van der Waals surface area (Å²) in [5.74, 6) is 1.01. The Morgan fingerprint density at radius 3 is 2.23 bits per heavy atom. The summed E-state index contributed by atoms with van der Waals surface area (Å²) in [6, 6.07) is 8.30. The van der Waals surface area contributed by atoms with Crippen LogP contribution < -0.4 is 0 Å². The summed E-state index contributed by atoms with van der Waals surface area (Å²) < 4.78 is 0. The highest BCUT2D eigenvalue weighted by molar-refractivity contribution is 5.22. The molecule has 1 heteroatoms. The minimum Gasteiger partial charge on any atom is -0.392 e. The average Bonchev–Trinajstić information content (AvgIpc) is 2.99. The molecule has 0 atom stereocenters. The van der Waals surface area contributed by atoms with E-state index in [4.69, 9.17) is 5.11 Å². The first-order chi connectivity index (χ1) is 6.38. The second-order valence-corrected chi connectivity index (χ2v) is 3.96. The molecule has 2 rings (SSSR count). The third-order valence-electron chi connectivity index (χ3n) is 2.74. The number of rotatable bonds is 4. The molecule has 1 fully saturated rings. The first-order valence-electron chi connectivity index (χ1n) is 5.07. The number of aliphatic hydroxyl groups is 1. The molecule has 0 radical (unpaired) electrons. The normalized spacial score (nSPS) is 16.1. The number of hydrogen-bond acceptors (Lipinski definition) is 1. The predicted octanol–water partition coefficient (Wildman–Crippen LogP) is 2.52. The molecule has 0 bridgehead atoms. The molecule has 0 aliphatic heterocycles. The molecule has 13 heavy (non-hydrogen) atoms. The molecule has 1 aliphatic carbocycles. The van der Waals surface area contributed by atoms with Gasteiger partial charge in [-0.3, -0.25) is 0 Å². The molecule has 1 aliphatic rings. The summed E-state index contributed by atoms with van der Waals surface area (Å²) in [7, 11) is 0. The third kappa shape index (κ3) is 2.56. The Labute approximate surface area is 79.4 Å². The molecule has 1 nitrogen and oxygen atoms in total. The fourth-order valence-corrected chi connectivity index (χ4v) is 1.59. The van der Waals surface area contributed by atoms with Gasteiger partial charge in [0, 0.05) is 0 Å². The first kappa shape index (κ1) is 8.76. The number of aryl methyl sites for hydroxylation is 1. The Kier molecular flexibility index (Phi) is 2.65. The third-order valence-corrected chi connectivity index (χ3v) is 2.74. The topological polar surface area (TPSA) is 20.2 Å². The zero-order valence-electron chi connectivity index (χ0n) is 7.87. The Morgan fingerprint density at radius 1 is 1.08 bits per heavy atom. The van der Waals surface area contributed by atoms with E-state index in [2.05, 4.69) is 12.1 Å². The quantitative estimate of drug-likeness (QED) is 0.747. The highest BCUT2D eigenvalue weighted by Gasteiger charge is 2.20. The molecule has 0 saturated heterocycles. The summed E-state index contributed by atoms with van der Waals surface area (Å²) in [5.41, 5.74) is 2.42. The van der Waals surface area contributed by atoms with Crippen LogP contribution in [0.15, 0.2) is 24.3 Å². The number of benzene rings is 1. The van der Waals surface area contributed by atoms with E-state index in [9.17, 15) is 0 Å². The van der Waals surface area contributed by atoms with Gasteiger partial charge in [-0.1, -0.05) is 37.1 Å². The van der Waals surface area contributed by atoms with Gasteiger partial charge in [-0.15, -0.1) is 0 Å². The Morgan fingerprint density at radius 2 is 1.69 bits per heavy atom. The molecular weight excluding hydrogens is 160 g/mol.